The Morgan fingerprint density at radius 3 is 2.57 bits per heavy atom. The molecule has 0 aromatic heterocycles. The lowest BCUT2D eigenvalue weighted by molar-refractivity contribution is -0.0859. The smallest absolute Gasteiger partial charge is 0.134 e. The van der Waals surface area contributed by atoms with Crippen molar-refractivity contribution >= 4 is 0 Å². The van der Waals surface area contributed by atoms with Crippen LogP contribution in [0.2, 0.25) is 0 Å². The third-order valence-corrected chi connectivity index (χ3v) is 8.33. The van der Waals surface area contributed by atoms with Crippen molar-refractivity contribution in [3.63, 3.8) is 0 Å². The van der Waals surface area contributed by atoms with Gasteiger partial charge < -0.3 is 10.2 Å². The quantitative estimate of drug-likeness (QED) is 0.662. The maximum Gasteiger partial charge on any atom is 0.134 e. The predicted octanol–water partition coefficient (Wildman–Crippen LogP) is 4.01. The van der Waals surface area contributed by atoms with E-state index in [1.165, 1.54) is 5.57 Å². The monoisotopic (exact) mass is 322 g/mol. The van der Waals surface area contributed by atoms with Crippen molar-refractivity contribution in [3.8, 4) is 0 Å². The Labute approximate surface area is 139 Å². The number of hydrogen-bond donors (Lipinski definition) is 2. The predicted molar refractivity (Wildman–Crippen MR) is 88.6 cm³/mol. The normalized spacial score (nSPS) is 58.9. The molecule has 130 valence electrons. The molecule has 0 amide bonds. The lowest BCUT2D eigenvalue weighted by Crippen LogP contribution is -2.51. The SMILES string of the molecule is CC1(F)C[C@H]2[C@@H]3CC=C4CC(O)CC[C@]4(C)[C@@H]3CC[C@]2(C)C1O. The summed E-state index contributed by atoms with van der Waals surface area (Å²) in [5, 5.41) is 20.6. The molecule has 2 nitrogen and oxygen atoms in total. The van der Waals surface area contributed by atoms with Crippen molar-refractivity contribution in [2.24, 2.45) is 28.6 Å². The molecule has 8 atom stereocenters. The van der Waals surface area contributed by atoms with Crippen molar-refractivity contribution in [2.45, 2.75) is 83.6 Å². The molecule has 0 saturated heterocycles. The van der Waals surface area contributed by atoms with Crippen LogP contribution in [0.3, 0.4) is 0 Å². The largest absolute Gasteiger partial charge is 0.393 e. The molecule has 23 heavy (non-hydrogen) atoms. The van der Waals surface area contributed by atoms with Gasteiger partial charge in [0.2, 0.25) is 0 Å². The molecule has 3 fully saturated rings. The van der Waals surface area contributed by atoms with E-state index in [-0.39, 0.29) is 22.9 Å². The highest BCUT2D eigenvalue weighted by Crippen LogP contribution is 2.66. The first-order valence-electron chi connectivity index (χ1n) is 9.43. The Balaban J connectivity index is 1.70. The Morgan fingerprint density at radius 1 is 1.09 bits per heavy atom. The van der Waals surface area contributed by atoms with Crippen LogP contribution in [0.4, 0.5) is 4.39 Å². The molecule has 0 spiro atoms. The molecule has 4 rings (SSSR count). The Morgan fingerprint density at radius 2 is 1.83 bits per heavy atom. The number of hydrogen-bond acceptors (Lipinski definition) is 2. The highest BCUT2D eigenvalue weighted by atomic mass is 19.1. The zero-order valence-corrected chi connectivity index (χ0v) is 14.7. The van der Waals surface area contributed by atoms with Crippen LogP contribution in [0, 0.1) is 28.6 Å². The van der Waals surface area contributed by atoms with E-state index in [1.54, 1.807) is 6.92 Å². The second-order valence-corrected chi connectivity index (χ2v) is 9.59. The number of allylic oxidation sites excluding steroid dienone is 1. The van der Waals surface area contributed by atoms with Crippen molar-refractivity contribution in [1.29, 1.82) is 0 Å². The van der Waals surface area contributed by atoms with E-state index < -0.39 is 11.8 Å². The first-order valence-corrected chi connectivity index (χ1v) is 9.43. The fourth-order valence-electron chi connectivity index (χ4n) is 6.94. The first kappa shape index (κ1) is 16.1. The molecule has 2 N–H and O–H groups in total. The number of aliphatic hydroxyl groups is 2. The summed E-state index contributed by atoms with van der Waals surface area (Å²) in [6, 6.07) is 0. The number of halogens is 1. The van der Waals surface area contributed by atoms with Gasteiger partial charge in [0, 0.05) is 0 Å². The van der Waals surface area contributed by atoms with E-state index in [1.807, 2.05) is 0 Å². The van der Waals surface area contributed by atoms with E-state index in [4.69, 9.17) is 0 Å². The number of alkyl halides is 1. The molecule has 0 aromatic rings. The minimum absolute atomic E-state index is 0.179. The molecule has 0 heterocycles. The Hall–Kier alpha value is -0.410. The van der Waals surface area contributed by atoms with Crippen LogP contribution in [-0.2, 0) is 0 Å². The van der Waals surface area contributed by atoms with E-state index in [0.29, 0.717) is 18.3 Å². The topological polar surface area (TPSA) is 40.5 Å². The summed E-state index contributed by atoms with van der Waals surface area (Å²) in [4.78, 5) is 0. The van der Waals surface area contributed by atoms with Gasteiger partial charge in [0.25, 0.3) is 0 Å². The van der Waals surface area contributed by atoms with Gasteiger partial charge >= 0.3 is 0 Å². The van der Waals surface area contributed by atoms with Crippen molar-refractivity contribution < 1.29 is 14.6 Å². The second-order valence-electron chi connectivity index (χ2n) is 9.59. The molecule has 0 aromatic carbocycles. The first-order chi connectivity index (χ1) is 10.7. The molecule has 4 aliphatic rings. The van der Waals surface area contributed by atoms with Gasteiger partial charge in [-0.2, -0.15) is 0 Å². The van der Waals surface area contributed by atoms with E-state index in [9.17, 15) is 14.6 Å². The van der Waals surface area contributed by atoms with E-state index in [0.717, 1.165) is 38.5 Å². The van der Waals surface area contributed by atoms with Crippen LogP contribution in [-0.4, -0.2) is 28.1 Å². The fourth-order valence-corrected chi connectivity index (χ4v) is 6.94. The fraction of sp³-hybridized carbons (Fsp3) is 0.900. The lowest BCUT2D eigenvalue weighted by atomic mass is 9.48. The summed E-state index contributed by atoms with van der Waals surface area (Å²) in [5.74, 6) is 1.37. The third-order valence-electron chi connectivity index (χ3n) is 8.33. The summed E-state index contributed by atoms with van der Waals surface area (Å²) >= 11 is 0. The van der Waals surface area contributed by atoms with Crippen LogP contribution in [0.25, 0.3) is 0 Å². The van der Waals surface area contributed by atoms with Crippen LogP contribution >= 0.6 is 0 Å². The highest BCUT2D eigenvalue weighted by molar-refractivity contribution is 5.26. The molecule has 0 radical (unpaired) electrons. The molecule has 0 aliphatic heterocycles. The van der Waals surface area contributed by atoms with Crippen LogP contribution in [0.15, 0.2) is 11.6 Å². The molecule has 3 heteroatoms. The molecule has 3 unspecified atom stereocenters. The average molecular weight is 322 g/mol. The Bertz CT molecular complexity index is 542. The van der Waals surface area contributed by atoms with Gasteiger partial charge in [0.15, 0.2) is 0 Å². The number of rotatable bonds is 0. The van der Waals surface area contributed by atoms with Gasteiger partial charge in [-0.05, 0) is 80.5 Å². The van der Waals surface area contributed by atoms with Crippen LogP contribution in [0.5, 0.6) is 0 Å². The van der Waals surface area contributed by atoms with Gasteiger partial charge in [-0.25, -0.2) is 4.39 Å². The zero-order valence-electron chi connectivity index (χ0n) is 14.7. The third kappa shape index (κ3) is 2.05. The Kier molecular flexibility index (Phi) is 3.37. The highest BCUT2D eigenvalue weighted by Gasteiger charge is 2.64. The van der Waals surface area contributed by atoms with Gasteiger partial charge in [-0.3, -0.25) is 0 Å². The summed E-state index contributed by atoms with van der Waals surface area (Å²) < 4.78 is 14.9. The van der Waals surface area contributed by atoms with E-state index >= 15 is 0 Å². The summed E-state index contributed by atoms with van der Waals surface area (Å²) in [7, 11) is 0. The molecule has 4 aliphatic carbocycles. The van der Waals surface area contributed by atoms with Crippen LogP contribution in [0.1, 0.15) is 65.7 Å². The van der Waals surface area contributed by atoms with E-state index in [2.05, 4.69) is 19.9 Å². The standard InChI is InChI=1S/C20H31FO2/c1-18-8-6-13(22)10-12(18)4-5-14-15(18)7-9-19(2)16(14)11-20(3,21)17(19)23/h4,13-17,22-23H,5-11H2,1-3H3/t13?,14-,15-,16+,17?,18+,19+,20?/m1/s1. The molecule has 3 saturated carbocycles. The molecule has 0 bridgehead atoms. The number of aliphatic hydroxyl groups excluding tert-OH is 2. The minimum Gasteiger partial charge on any atom is -0.393 e. The minimum atomic E-state index is -1.44. The maximum absolute atomic E-state index is 14.9. The zero-order chi connectivity index (χ0) is 16.6. The van der Waals surface area contributed by atoms with Crippen LogP contribution < -0.4 is 0 Å². The van der Waals surface area contributed by atoms with Crippen molar-refractivity contribution in [3.05, 3.63) is 11.6 Å². The molecular weight excluding hydrogens is 291 g/mol. The van der Waals surface area contributed by atoms with Gasteiger partial charge in [0.05, 0.1) is 12.2 Å². The second kappa shape index (κ2) is 4.82. The number of fused-ring (bicyclic) bond motifs is 5. The summed E-state index contributed by atoms with van der Waals surface area (Å²) in [6.45, 7) is 6.10. The van der Waals surface area contributed by atoms with Crippen molar-refractivity contribution in [1.82, 2.24) is 0 Å². The van der Waals surface area contributed by atoms with Gasteiger partial charge in [-0.1, -0.05) is 25.5 Å². The van der Waals surface area contributed by atoms with Gasteiger partial charge in [-0.15, -0.1) is 0 Å². The summed E-state index contributed by atoms with van der Waals surface area (Å²) in [5.41, 5.74) is -0.0747. The average Bonchev–Trinajstić information content (AvgIpc) is 2.68. The summed E-state index contributed by atoms with van der Waals surface area (Å²) in [6.07, 6.45) is 7.66. The van der Waals surface area contributed by atoms with Gasteiger partial charge in [0.1, 0.15) is 5.67 Å². The van der Waals surface area contributed by atoms with Crippen molar-refractivity contribution in [2.75, 3.05) is 0 Å². The molecular formula is C20H31FO2. The lowest BCUT2D eigenvalue weighted by Gasteiger charge is -2.57. The maximum atomic E-state index is 14.9.